The molecule has 3 fully saturated rings. The van der Waals surface area contributed by atoms with Gasteiger partial charge in [-0.15, -0.1) is 13.2 Å². The molecule has 11 nitrogen and oxygen atoms in total. The first-order valence-electron chi connectivity index (χ1n) is 17.6. The van der Waals surface area contributed by atoms with Crippen LogP contribution in [0.3, 0.4) is 0 Å². The smallest absolute Gasteiger partial charge is 0.313 e. The number of aliphatic hydroxyl groups is 1. The number of fused-ring (bicyclic) bond motifs is 1. The van der Waals surface area contributed by atoms with Gasteiger partial charge in [0.25, 0.3) is 5.91 Å². The molecule has 3 aliphatic rings. The number of nitrogens with zero attached hydrogens (tertiary/aromatic N) is 2. The van der Waals surface area contributed by atoms with Crippen molar-refractivity contribution in [2.24, 2.45) is 11.8 Å². The highest BCUT2D eigenvalue weighted by molar-refractivity contribution is 9.09. The number of alkyl halides is 1. The second-order valence-electron chi connectivity index (χ2n) is 13.5. The molecule has 5 rings (SSSR count). The zero-order valence-corrected chi connectivity index (χ0v) is 31.9. The number of para-hydroxylation sites is 1. The van der Waals surface area contributed by atoms with Gasteiger partial charge in [0.05, 0.1) is 41.3 Å². The van der Waals surface area contributed by atoms with Crippen LogP contribution in [-0.2, 0) is 33.4 Å². The first-order chi connectivity index (χ1) is 25.0. The zero-order chi connectivity index (χ0) is 37.6. The lowest BCUT2D eigenvalue weighted by Crippen LogP contribution is -2.57. The van der Waals surface area contributed by atoms with Gasteiger partial charge in [-0.3, -0.25) is 19.2 Å². The average molecular weight is 801 g/mol. The number of halogens is 2. The second kappa shape index (κ2) is 17.5. The van der Waals surface area contributed by atoms with Crippen LogP contribution in [0.2, 0.25) is 5.02 Å². The summed E-state index contributed by atoms with van der Waals surface area (Å²) in [5, 5.41) is 12.9. The number of nitrogens with one attached hydrogen (secondary N) is 1. The van der Waals surface area contributed by atoms with E-state index in [-0.39, 0.29) is 43.5 Å². The molecular weight excluding hydrogens is 754 g/mol. The molecule has 3 heterocycles. The molecule has 3 amide bonds. The summed E-state index contributed by atoms with van der Waals surface area (Å²) in [5.74, 6) is -3.83. The van der Waals surface area contributed by atoms with E-state index in [4.69, 9.17) is 25.8 Å². The SMILES string of the molecule is C=CCCC(=O)N[C@H](COC)[C@H](OC(=O)[C@@H]1[C@H]2O[C@@]3(CC2Br)[C@H](C(=O)N(CC=C)c2c(C)cccc2Cl)N(CCCCO)C(=O)[C@@H]13)c1ccccc1. The van der Waals surface area contributed by atoms with Gasteiger partial charge in [-0.1, -0.05) is 82.1 Å². The predicted molar refractivity (Wildman–Crippen MR) is 201 cm³/mol. The summed E-state index contributed by atoms with van der Waals surface area (Å²) in [7, 11) is 1.50. The summed E-state index contributed by atoms with van der Waals surface area (Å²) in [6.07, 6.45) is 3.31. The lowest BCUT2D eigenvalue weighted by Gasteiger charge is -2.37. The Morgan fingerprint density at radius 2 is 1.92 bits per heavy atom. The molecule has 1 unspecified atom stereocenters. The number of anilines is 1. The minimum absolute atomic E-state index is 0.0421. The van der Waals surface area contributed by atoms with Crippen molar-refractivity contribution in [2.75, 3.05) is 38.3 Å². The van der Waals surface area contributed by atoms with Crippen molar-refractivity contribution < 1.29 is 38.5 Å². The summed E-state index contributed by atoms with van der Waals surface area (Å²) >= 11 is 10.4. The Morgan fingerprint density at radius 1 is 1.17 bits per heavy atom. The van der Waals surface area contributed by atoms with Gasteiger partial charge in [-0.2, -0.15) is 0 Å². The van der Waals surface area contributed by atoms with Crippen LogP contribution in [-0.4, -0.2) is 95.7 Å². The van der Waals surface area contributed by atoms with Crippen molar-refractivity contribution in [3.8, 4) is 0 Å². The number of amides is 3. The molecule has 2 bridgehead atoms. The number of aryl methyl sites for hydroxylation is 1. The lowest BCUT2D eigenvalue weighted by molar-refractivity contribution is -0.163. The standard InChI is InChI=1S/C39H47BrClN3O8/c1-5-7-18-29(46)42-28(23-50-4)33(25-15-9-8-10-16-25)51-38(49)30-31-36(47)44(20-11-12-21-45)35(39(31)22-26(40)34(30)52-39)37(48)43(19-6-2)32-24(3)14-13-17-27(32)41/h5-6,8-10,13-17,26,28,30-31,33-35,45H,1-2,7,11-12,18-23H2,3-4H3,(H,42,46)/t26?,28-,30+,31-,33-,34+,35+,39-/m1/s1. The van der Waals surface area contributed by atoms with Crippen LogP contribution in [0.25, 0.3) is 0 Å². The fourth-order valence-corrected chi connectivity index (χ4v) is 9.24. The van der Waals surface area contributed by atoms with Gasteiger partial charge >= 0.3 is 5.97 Å². The molecular formula is C39H47BrClN3O8. The van der Waals surface area contributed by atoms with Crippen molar-refractivity contribution in [1.82, 2.24) is 10.2 Å². The number of methoxy groups -OCH3 is 1. The molecule has 0 aliphatic carbocycles. The molecule has 2 N–H and O–H groups in total. The van der Waals surface area contributed by atoms with Crippen molar-refractivity contribution in [1.29, 1.82) is 0 Å². The van der Waals surface area contributed by atoms with E-state index in [0.29, 0.717) is 42.0 Å². The Labute approximate surface area is 318 Å². The number of hydrogen-bond acceptors (Lipinski definition) is 8. The molecule has 1 spiro atoms. The van der Waals surface area contributed by atoms with Gasteiger partial charge in [0, 0.05) is 38.1 Å². The van der Waals surface area contributed by atoms with Crippen LogP contribution in [0.4, 0.5) is 5.69 Å². The average Bonchev–Trinajstić information content (AvgIpc) is 3.72. The highest BCUT2D eigenvalue weighted by atomic mass is 79.9. The Hall–Kier alpha value is -3.55. The molecule has 0 saturated carbocycles. The van der Waals surface area contributed by atoms with E-state index in [1.165, 1.54) is 16.9 Å². The maximum atomic E-state index is 14.9. The van der Waals surface area contributed by atoms with Crippen LogP contribution in [0.15, 0.2) is 73.8 Å². The first kappa shape index (κ1) is 39.7. The molecule has 280 valence electrons. The molecule has 0 aromatic heterocycles. The normalized spacial score (nSPS) is 25.7. The van der Waals surface area contributed by atoms with E-state index in [1.807, 2.05) is 19.1 Å². The van der Waals surface area contributed by atoms with E-state index >= 15 is 0 Å². The maximum Gasteiger partial charge on any atom is 0.313 e. The minimum atomic E-state index is -1.36. The summed E-state index contributed by atoms with van der Waals surface area (Å²) in [6, 6.07) is 12.5. The molecule has 52 heavy (non-hydrogen) atoms. The topological polar surface area (TPSA) is 135 Å². The maximum absolute atomic E-state index is 14.9. The van der Waals surface area contributed by atoms with Crippen LogP contribution in [0, 0.1) is 18.8 Å². The number of aliphatic hydroxyl groups excluding tert-OH is 1. The van der Waals surface area contributed by atoms with E-state index in [2.05, 4.69) is 34.4 Å². The number of allylic oxidation sites excluding steroid dienone is 1. The van der Waals surface area contributed by atoms with E-state index in [0.717, 1.165) is 5.56 Å². The van der Waals surface area contributed by atoms with Crippen LogP contribution in [0.5, 0.6) is 0 Å². The van der Waals surface area contributed by atoms with Crippen molar-refractivity contribution >= 4 is 56.9 Å². The Morgan fingerprint density at radius 3 is 2.58 bits per heavy atom. The Kier molecular flexibility index (Phi) is 13.4. The summed E-state index contributed by atoms with van der Waals surface area (Å²) in [5.41, 5.74) is 0.527. The van der Waals surface area contributed by atoms with Gasteiger partial charge in [-0.25, -0.2) is 0 Å². The first-order valence-corrected chi connectivity index (χ1v) is 18.9. The molecule has 8 atom stereocenters. The van der Waals surface area contributed by atoms with Gasteiger partial charge in [0.2, 0.25) is 11.8 Å². The molecule has 3 saturated heterocycles. The van der Waals surface area contributed by atoms with Crippen LogP contribution in [0.1, 0.15) is 49.3 Å². The monoisotopic (exact) mass is 799 g/mol. The van der Waals surface area contributed by atoms with Gasteiger partial charge in [0.1, 0.15) is 17.7 Å². The number of rotatable bonds is 18. The number of carbonyl (C=O) groups is 4. The lowest BCUT2D eigenvalue weighted by atomic mass is 9.70. The van der Waals surface area contributed by atoms with Crippen LogP contribution < -0.4 is 10.2 Å². The summed E-state index contributed by atoms with van der Waals surface area (Å²) in [6.45, 7) is 9.66. The van der Waals surface area contributed by atoms with E-state index in [9.17, 15) is 24.3 Å². The molecule has 2 aromatic carbocycles. The second-order valence-corrected chi connectivity index (χ2v) is 15.1. The summed E-state index contributed by atoms with van der Waals surface area (Å²) < 4.78 is 18.5. The third-order valence-electron chi connectivity index (χ3n) is 10.1. The number of carbonyl (C=O) groups excluding carboxylic acids is 4. The number of benzene rings is 2. The van der Waals surface area contributed by atoms with Gasteiger partial charge in [0.15, 0.2) is 0 Å². The third-order valence-corrected chi connectivity index (χ3v) is 11.3. The highest BCUT2D eigenvalue weighted by Crippen LogP contribution is 2.60. The highest BCUT2D eigenvalue weighted by Gasteiger charge is 2.77. The number of ether oxygens (including phenoxy) is 3. The van der Waals surface area contributed by atoms with Crippen molar-refractivity contribution in [2.45, 2.75) is 73.7 Å². The predicted octanol–water partition coefficient (Wildman–Crippen LogP) is 5.07. The van der Waals surface area contributed by atoms with E-state index in [1.54, 1.807) is 48.6 Å². The van der Waals surface area contributed by atoms with Crippen molar-refractivity contribution in [3.05, 3.63) is 90.0 Å². The number of hydrogen-bond donors (Lipinski definition) is 2. The fourth-order valence-electron chi connectivity index (χ4n) is 7.97. The van der Waals surface area contributed by atoms with E-state index < -0.39 is 59.5 Å². The minimum Gasteiger partial charge on any atom is -0.455 e. The fraction of sp³-hybridized carbons (Fsp3) is 0.487. The molecule has 0 radical (unpaired) electrons. The van der Waals surface area contributed by atoms with Crippen molar-refractivity contribution in [3.63, 3.8) is 0 Å². The zero-order valence-electron chi connectivity index (χ0n) is 29.5. The molecule has 13 heteroatoms. The molecule has 3 aliphatic heterocycles. The number of esters is 1. The largest absolute Gasteiger partial charge is 0.455 e. The quantitative estimate of drug-likeness (QED) is 0.0925. The number of unbranched alkanes of at least 4 members (excludes halogenated alkanes) is 1. The van der Waals surface area contributed by atoms with Gasteiger partial charge in [-0.05, 0) is 49.8 Å². The Balaban J connectivity index is 1.54. The third kappa shape index (κ3) is 7.72. The van der Waals surface area contributed by atoms with Gasteiger partial charge < -0.3 is 34.4 Å². The Bertz CT molecular complexity index is 1620. The molecule has 2 aromatic rings. The summed E-state index contributed by atoms with van der Waals surface area (Å²) in [4.78, 5) is 59.7. The number of likely N-dealkylation sites (tertiary alicyclic amines) is 1. The van der Waals surface area contributed by atoms with Crippen LogP contribution >= 0.6 is 27.5 Å².